The highest BCUT2D eigenvalue weighted by Crippen LogP contribution is 2.34. The van der Waals surface area contributed by atoms with Crippen molar-refractivity contribution < 1.29 is 35.2 Å². The number of aryl methyl sites for hydroxylation is 2. The smallest absolute Gasteiger partial charge is 0.299 e. The van der Waals surface area contributed by atoms with Gasteiger partial charge in [-0.25, -0.2) is 21.9 Å². The zero-order valence-corrected chi connectivity index (χ0v) is 22.1. The van der Waals surface area contributed by atoms with Crippen LogP contribution in [0.25, 0.3) is 10.9 Å². The lowest BCUT2D eigenvalue weighted by atomic mass is 10.0. The van der Waals surface area contributed by atoms with Crippen molar-refractivity contribution in [1.82, 2.24) is 19.4 Å². The molecule has 2 aliphatic rings. The number of aromatic nitrogens is 2. The second-order valence-corrected chi connectivity index (χ2v) is 12.3. The summed E-state index contributed by atoms with van der Waals surface area (Å²) >= 11 is 0. The molecule has 2 fully saturated rings. The molecule has 1 N–H and O–H groups in total. The minimum absolute atomic E-state index is 0.0160. The third-order valence-corrected chi connectivity index (χ3v) is 9.20. The fraction of sp³-hybridized carbons (Fsp3) is 0.462. The first kappa shape index (κ1) is 27.5. The summed E-state index contributed by atoms with van der Waals surface area (Å²) in [6.07, 6.45) is -2.56. The molecule has 0 spiro atoms. The number of sulfonamides is 1. The molecular formula is C26H27F5N4O3S. The molecule has 1 saturated carbocycles. The van der Waals surface area contributed by atoms with Crippen LogP contribution < -0.4 is 4.72 Å². The minimum Gasteiger partial charge on any atom is -0.299 e. The van der Waals surface area contributed by atoms with Crippen molar-refractivity contribution in [1.29, 1.82) is 0 Å². The summed E-state index contributed by atoms with van der Waals surface area (Å²) < 4.78 is 97.1. The summed E-state index contributed by atoms with van der Waals surface area (Å²) in [5.41, 5.74) is -0.364. The van der Waals surface area contributed by atoms with Crippen LogP contribution in [0.15, 0.2) is 24.3 Å². The maximum Gasteiger partial charge on any atom is 0.416 e. The summed E-state index contributed by atoms with van der Waals surface area (Å²) in [6, 6.07) is 3.97. The largest absolute Gasteiger partial charge is 0.416 e. The Kier molecular flexibility index (Phi) is 6.94. The van der Waals surface area contributed by atoms with Crippen LogP contribution in [0.5, 0.6) is 0 Å². The van der Waals surface area contributed by atoms with Crippen molar-refractivity contribution in [3.63, 3.8) is 0 Å². The van der Waals surface area contributed by atoms with E-state index in [-0.39, 0.29) is 29.3 Å². The quantitative estimate of drug-likeness (QED) is 0.422. The van der Waals surface area contributed by atoms with Crippen LogP contribution in [0.4, 0.5) is 22.0 Å². The van der Waals surface area contributed by atoms with Crippen LogP contribution in [0.2, 0.25) is 0 Å². The molecule has 13 heteroatoms. The average Bonchev–Trinajstić information content (AvgIpc) is 3.67. The fourth-order valence-electron chi connectivity index (χ4n) is 5.09. The molecule has 3 aromatic rings. The van der Waals surface area contributed by atoms with E-state index < -0.39 is 44.6 Å². The van der Waals surface area contributed by atoms with Crippen molar-refractivity contribution in [3.05, 3.63) is 63.8 Å². The van der Waals surface area contributed by atoms with Gasteiger partial charge in [-0.15, -0.1) is 0 Å². The summed E-state index contributed by atoms with van der Waals surface area (Å²) in [5, 5.41) is 4.42. The molecule has 1 amide bonds. The first-order valence-corrected chi connectivity index (χ1v) is 14.1. The molecule has 0 bridgehead atoms. The predicted molar refractivity (Wildman–Crippen MR) is 134 cm³/mol. The van der Waals surface area contributed by atoms with E-state index in [2.05, 4.69) is 5.10 Å². The van der Waals surface area contributed by atoms with E-state index in [9.17, 15) is 35.2 Å². The Hall–Kier alpha value is -3.06. The normalized spacial score (nSPS) is 17.6. The number of hydrogen-bond acceptors (Lipinski definition) is 5. The van der Waals surface area contributed by atoms with E-state index in [1.54, 1.807) is 11.6 Å². The maximum absolute atomic E-state index is 15.0. The SMILES string of the molecule is Cc1cc(C(F)(F)F)cc(CN2CCC(n3nc(C)c4cc(C(=O)NS(=O)(=O)C5CC5)c(F)cc43)CC2)c1F. The van der Waals surface area contributed by atoms with E-state index in [0.29, 0.717) is 55.4 Å². The Morgan fingerprint density at radius 3 is 2.33 bits per heavy atom. The van der Waals surface area contributed by atoms with Gasteiger partial charge in [0.1, 0.15) is 11.6 Å². The molecule has 0 unspecified atom stereocenters. The Balaban J connectivity index is 1.32. The van der Waals surface area contributed by atoms with Crippen molar-refractivity contribution in [2.75, 3.05) is 13.1 Å². The summed E-state index contributed by atoms with van der Waals surface area (Å²) in [6.45, 7) is 3.96. The van der Waals surface area contributed by atoms with Gasteiger partial charge in [0.25, 0.3) is 5.91 Å². The molecule has 0 radical (unpaired) electrons. The van der Waals surface area contributed by atoms with Crippen LogP contribution in [0.1, 0.15) is 64.5 Å². The lowest BCUT2D eigenvalue weighted by molar-refractivity contribution is -0.137. The monoisotopic (exact) mass is 570 g/mol. The summed E-state index contributed by atoms with van der Waals surface area (Å²) in [5.74, 6) is -2.56. The highest BCUT2D eigenvalue weighted by molar-refractivity contribution is 7.91. The number of amides is 1. The average molecular weight is 571 g/mol. The molecule has 2 aromatic carbocycles. The van der Waals surface area contributed by atoms with Gasteiger partial charge in [-0.1, -0.05) is 0 Å². The van der Waals surface area contributed by atoms with Crippen LogP contribution in [-0.2, 0) is 22.7 Å². The molecule has 5 rings (SSSR count). The molecule has 39 heavy (non-hydrogen) atoms. The number of fused-ring (bicyclic) bond motifs is 1. The second-order valence-electron chi connectivity index (χ2n) is 10.3. The van der Waals surface area contributed by atoms with Gasteiger partial charge < -0.3 is 0 Å². The molecule has 1 aromatic heterocycles. The second kappa shape index (κ2) is 9.84. The Morgan fingerprint density at radius 2 is 1.72 bits per heavy atom. The van der Waals surface area contributed by atoms with Crippen molar-refractivity contribution >= 4 is 26.8 Å². The highest BCUT2D eigenvalue weighted by Gasteiger charge is 2.37. The maximum atomic E-state index is 15.0. The van der Waals surface area contributed by atoms with Crippen LogP contribution in [0.3, 0.4) is 0 Å². The number of nitrogens with zero attached hydrogens (tertiary/aromatic N) is 3. The van der Waals surface area contributed by atoms with Gasteiger partial charge in [-0.2, -0.15) is 18.3 Å². The summed E-state index contributed by atoms with van der Waals surface area (Å²) in [4.78, 5) is 14.4. The number of rotatable bonds is 6. The molecular weight excluding hydrogens is 543 g/mol. The lowest BCUT2D eigenvalue weighted by Crippen LogP contribution is -2.35. The standard InChI is InChI=1S/C26H27F5N4O3S/c1-14-9-17(26(29,30)31)10-16(24(14)28)13-34-7-5-18(6-8-34)35-23-12-22(27)21(11-20(23)15(2)32-35)25(36)33-39(37,38)19-3-4-19/h9-12,18-19H,3-8,13H2,1-2H3,(H,33,36). The molecule has 1 aliphatic carbocycles. The van der Waals surface area contributed by atoms with Gasteiger partial charge in [0.05, 0.1) is 33.6 Å². The number of halogens is 5. The Bertz CT molecular complexity index is 1560. The topological polar surface area (TPSA) is 84.3 Å². The third-order valence-electron chi connectivity index (χ3n) is 7.38. The first-order valence-electron chi connectivity index (χ1n) is 12.6. The number of hydrogen-bond donors (Lipinski definition) is 1. The van der Waals surface area contributed by atoms with E-state index in [1.807, 2.05) is 9.62 Å². The molecule has 1 saturated heterocycles. The van der Waals surface area contributed by atoms with Crippen molar-refractivity contribution in [2.24, 2.45) is 0 Å². The number of likely N-dealkylation sites (tertiary alicyclic amines) is 1. The number of carbonyl (C=O) groups excluding carboxylic acids is 1. The predicted octanol–water partition coefficient (Wildman–Crippen LogP) is 5.01. The van der Waals surface area contributed by atoms with Gasteiger partial charge in [0.15, 0.2) is 0 Å². The van der Waals surface area contributed by atoms with E-state index in [0.717, 1.165) is 12.1 Å². The van der Waals surface area contributed by atoms with Crippen LogP contribution in [0, 0.1) is 25.5 Å². The number of piperidine rings is 1. The van der Waals surface area contributed by atoms with Gasteiger partial charge in [-0.3, -0.25) is 14.4 Å². The van der Waals surface area contributed by atoms with Crippen LogP contribution >= 0.6 is 0 Å². The van der Waals surface area contributed by atoms with Crippen molar-refractivity contribution in [3.8, 4) is 0 Å². The Morgan fingerprint density at radius 1 is 1.05 bits per heavy atom. The number of alkyl halides is 3. The first-order chi connectivity index (χ1) is 18.2. The van der Waals surface area contributed by atoms with E-state index in [1.165, 1.54) is 19.1 Å². The fourth-order valence-corrected chi connectivity index (χ4v) is 6.39. The van der Waals surface area contributed by atoms with Gasteiger partial charge in [0.2, 0.25) is 10.0 Å². The minimum atomic E-state index is -4.57. The zero-order chi connectivity index (χ0) is 28.3. The lowest BCUT2D eigenvalue weighted by Gasteiger charge is -2.32. The molecule has 7 nitrogen and oxygen atoms in total. The zero-order valence-electron chi connectivity index (χ0n) is 21.3. The molecule has 0 atom stereocenters. The third kappa shape index (κ3) is 5.51. The van der Waals surface area contributed by atoms with Gasteiger partial charge in [-0.05, 0) is 63.3 Å². The number of benzene rings is 2. The number of carbonyl (C=O) groups is 1. The number of nitrogens with one attached hydrogen (secondary N) is 1. The van der Waals surface area contributed by atoms with Crippen molar-refractivity contribution in [2.45, 2.75) is 63.5 Å². The van der Waals surface area contributed by atoms with Crippen LogP contribution in [-0.4, -0.2) is 47.3 Å². The molecule has 1 aliphatic heterocycles. The Labute approximate surface area is 222 Å². The highest BCUT2D eigenvalue weighted by atomic mass is 32.2. The molecule has 210 valence electrons. The summed E-state index contributed by atoms with van der Waals surface area (Å²) in [7, 11) is -3.84. The van der Waals surface area contributed by atoms with Gasteiger partial charge >= 0.3 is 6.18 Å². The van der Waals surface area contributed by atoms with E-state index in [4.69, 9.17) is 0 Å². The van der Waals surface area contributed by atoms with Gasteiger partial charge in [0, 0.05) is 36.7 Å². The molecule has 2 heterocycles. The van der Waals surface area contributed by atoms with E-state index >= 15 is 0 Å².